The van der Waals surface area contributed by atoms with E-state index >= 15 is 0 Å². The van der Waals surface area contributed by atoms with Crippen LogP contribution in [0.15, 0.2) is 48.7 Å². The average molecular weight is 406 g/mol. The molecule has 0 atom stereocenters. The number of nitrogens with one attached hydrogen (secondary N) is 1. The third kappa shape index (κ3) is 3.84. The maximum Gasteiger partial charge on any atom is 0.256 e. The molecule has 2 aromatic carbocycles. The molecule has 154 valence electrons. The van der Waals surface area contributed by atoms with E-state index in [9.17, 15) is 13.6 Å². The maximum atomic E-state index is 13.8. The summed E-state index contributed by atoms with van der Waals surface area (Å²) >= 11 is 0. The Labute approximate surface area is 175 Å². The van der Waals surface area contributed by atoms with Crippen LogP contribution in [0.1, 0.15) is 45.1 Å². The molecule has 0 saturated heterocycles. The number of anilines is 1. The minimum atomic E-state index is -2.67. The zero-order chi connectivity index (χ0) is 21.5. The number of aromatic nitrogens is 1. The number of benzene rings is 2. The zero-order valence-corrected chi connectivity index (χ0v) is 17.4. The van der Waals surface area contributed by atoms with Crippen molar-refractivity contribution in [2.75, 3.05) is 5.32 Å². The standard InChI is InChI=1S/C25H24F2N2O/c1-4-17-11-22(21-10-19-13-25(26,27)12-18(19)9-16(21)3)28-14-23(17)29-24(30)20-8-6-5-7-15(20)2/h5-11,14H,4,12-13H2,1-3H3,(H,29,30). The van der Waals surface area contributed by atoms with Crippen LogP contribution in [0.3, 0.4) is 0 Å². The molecule has 1 N–H and O–H groups in total. The van der Waals surface area contributed by atoms with Gasteiger partial charge < -0.3 is 5.32 Å². The van der Waals surface area contributed by atoms with E-state index in [0.29, 0.717) is 23.2 Å². The lowest BCUT2D eigenvalue weighted by molar-refractivity contribution is 0.0130. The van der Waals surface area contributed by atoms with Crippen molar-refractivity contribution in [3.8, 4) is 11.3 Å². The number of halogens is 2. The van der Waals surface area contributed by atoms with Crippen molar-refractivity contribution in [2.24, 2.45) is 0 Å². The first kappa shape index (κ1) is 20.2. The van der Waals surface area contributed by atoms with Crippen molar-refractivity contribution < 1.29 is 13.6 Å². The molecule has 1 amide bonds. The summed E-state index contributed by atoms with van der Waals surface area (Å²) in [7, 11) is 0. The van der Waals surface area contributed by atoms with Gasteiger partial charge in [0.05, 0.1) is 17.6 Å². The Morgan fingerprint density at radius 2 is 1.77 bits per heavy atom. The third-order valence-corrected chi connectivity index (χ3v) is 5.73. The fourth-order valence-corrected chi connectivity index (χ4v) is 4.10. The SMILES string of the molecule is CCc1cc(-c2cc3c(cc2C)CC(F)(F)C3)ncc1NC(=O)c1ccccc1C. The van der Waals surface area contributed by atoms with Crippen molar-refractivity contribution in [1.82, 2.24) is 4.98 Å². The quantitative estimate of drug-likeness (QED) is 0.585. The summed E-state index contributed by atoms with van der Waals surface area (Å²) in [4.78, 5) is 17.2. The summed E-state index contributed by atoms with van der Waals surface area (Å²) < 4.78 is 27.6. The summed E-state index contributed by atoms with van der Waals surface area (Å²) in [6, 6.07) is 13.1. The van der Waals surface area contributed by atoms with Gasteiger partial charge in [0.2, 0.25) is 0 Å². The summed E-state index contributed by atoms with van der Waals surface area (Å²) in [5.41, 5.74) is 7.08. The Morgan fingerprint density at radius 3 is 2.47 bits per heavy atom. The molecule has 3 aromatic rings. The number of hydrogen-bond donors (Lipinski definition) is 1. The van der Waals surface area contributed by atoms with Gasteiger partial charge in [0.15, 0.2) is 0 Å². The Hall–Kier alpha value is -3.08. The number of nitrogens with zero attached hydrogens (tertiary/aromatic N) is 1. The summed E-state index contributed by atoms with van der Waals surface area (Å²) in [6.45, 7) is 5.84. The lowest BCUT2D eigenvalue weighted by atomic mass is 9.97. The van der Waals surface area contributed by atoms with Gasteiger partial charge in [-0.25, -0.2) is 8.78 Å². The zero-order valence-electron chi connectivity index (χ0n) is 17.4. The first-order valence-corrected chi connectivity index (χ1v) is 10.1. The predicted octanol–water partition coefficient (Wildman–Crippen LogP) is 5.91. The molecule has 1 heterocycles. The van der Waals surface area contributed by atoms with Gasteiger partial charge in [-0.2, -0.15) is 0 Å². The van der Waals surface area contributed by atoms with Crippen LogP contribution in [0, 0.1) is 13.8 Å². The largest absolute Gasteiger partial charge is 0.320 e. The van der Waals surface area contributed by atoms with Crippen LogP contribution < -0.4 is 5.32 Å². The number of alkyl halides is 2. The fourth-order valence-electron chi connectivity index (χ4n) is 4.10. The van der Waals surface area contributed by atoms with Gasteiger partial charge >= 0.3 is 0 Å². The normalized spacial score (nSPS) is 14.4. The van der Waals surface area contributed by atoms with Crippen LogP contribution >= 0.6 is 0 Å². The van der Waals surface area contributed by atoms with Crippen molar-refractivity contribution in [2.45, 2.75) is 46.0 Å². The molecular weight excluding hydrogens is 382 g/mol. The van der Waals surface area contributed by atoms with Crippen LogP contribution in [-0.4, -0.2) is 16.8 Å². The third-order valence-electron chi connectivity index (χ3n) is 5.73. The van der Waals surface area contributed by atoms with Gasteiger partial charge in [0.25, 0.3) is 11.8 Å². The average Bonchev–Trinajstić information content (AvgIpc) is 3.00. The van der Waals surface area contributed by atoms with E-state index in [1.807, 2.05) is 57.2 Å². The second-order valence-corrected chi connectivity index (χ2v) is 7.99. The monoisotopic (exact) mass is 406 g/mol. The Bertz CT molecular complexity index is 1140. The molecule has 4 rings (SSSR count). The minimum Gasteiger partial charge on any atom is -0.320 e. The van der Waals surface area contributed by atoms with Crippen LogP contribution in [0.4, 0.5) is 14.5 Å². The van der Waals surface area contributed by atoms with Gasteiger partial charge in [-0.3, -0.25) is 9.78 Å². The molecule has 1 aliphatic carbocycles. The summed E-state index contributed by atoms with van der Waals surface area (Å²) in [6.07, 6.45) is 1.95. The Balaban J connectivity index is 1.65. The topological polar surface area (TPSA) is 42.0 Å². The van der Waals surface area contributed by atoms with Gasteiger partial charge in [-0.1, -0.05) is 31.2 Å². The van der Waals surface area contributed by atoms with Crippen molar-refractivity contribution in [1.29, 1.82) is 0 Å². The van der Waals surface area contributed by atoms with Gasteiger partial charge in [0.1, 0.15) is 0 Å². The highest BCUT2D eigenvalue weighted by molar-refractivity contribution is 6.05. The van der Waals surface area contributed by atoms with E-state index in [2.05, 4.69) is 10.3 Å². The first-order chi connectivity index (χ1) is 14.3. The van der Waals surface area contributed by atoms with Gasteiger partial charge in [-0.05, 0) is 66.3 Å². The Morgan fingerprint density at radius 1 is 1.07 bits per heavy atom. The molecule has 1 aromatic heterocycles. The lowest BCUT2D eigenvalue weighted by Crippen LogP contribution is -2.15. The number of aryl methyl sites for hydroxylation is 3. The van der Waals surface area contributed by atoms with E-state index in [4.69, 9.17) is 0 Å². The number of amides is 1. The van der Waals surface area contributed by atoms with Gasteiger partial charge in [0, 0.05) is 24.0 Å². The highest BCUT2D eigenvalue weighted by Gasteiger charge is 2.37. The van der Waals surface area contributed by atoms with E-state index in [1.165, 1.54) is 0 Å². The molecular formula is C25H24F2N2O. The molecule has 3 nitrogen and oxygen atoms in total. The molecule has 0 spiro atoms. The highest BCUT2D eigenvalue weighted by atomic mass is 19.3. The van der Waals surface area contributed by atoms with Crippen LogP contribution in [-0.2, 0) is 19.3 Å². The predicted molar refractivity (Wildman–Crippen MR) is 115 cm³/mol. The number of fused-ring (bicyclic) bond motifs is 1. The molecule has 30 heavy (non-hydrogen) atoms. The molecule has 0 unspecified atom stereocenters. The number of carbonyl (C=O) groups excluding carboxylic acids is 1. The number of carbonyl (C=O) groups is 1. The van der Waals surface area contributed by atoms with Gasteiger partial charge in [-0.15, -0.1) is 0 Å². The molecule has 1 aliphatic rings. The molecule has 0 aliphatic heterocycles. The molecule has 5 heteroatoms. The minimum absolute atomic E-state index is 0.173. The maximum absolute atomic E-state index is 13.8. The van der Waals surface area contributed by atoms with E-state index in [-0.39, 0.29) is 18.7 Å². The van der Waals surface area contributed by atoms with Crippen molar-refractivity contribution >= 4 is 11.6 Å². The number of rotatable bonds is 4. The van der Waals surface area contributed by atoms with E-state index in [1.54, 1.807) is 12.3 Å². The smallest absolute Gasteiger partial charge is 0.256 e. The first-order valence-electron chi connectivity index (χ1n) is 10.1. The fraction of sp³-hybridized carbons (Fsp3) is 0.280. The summed E-state index contributed by atoms with van der Waals surface area (Å²) in [5.74, 6) is -2.84. The van der Waals surface area contributed by atoms with Crippen LogP contribution in [0.2, 0.25) is 0 Å². The van der Waals surface area contributed by atoms with Crippen molar-refractivity contribution in [3.05, 3.63) is 82.0 Å². The molecule has 0 fully saturated rings. The summed E-state index contributed by atoms with van der Waals surface area (Å²) in [5, 5.41) is 2.96. The Kier molecular flexibility index (Phi) is 5.14. The molecule has 0 radical (unpaired) electrons. The number of hydrogen-bond acceptors (Lipinski definition) is 2. The highest BCUT2D eigenvalue weighted by Crippen LogP contribution is 2.38. The van der Waals surface area contributed by atoms with Crippen molar-refractivity contribution in [3.63, 3.8) is 0 Å². The molecule has 0 saturated carbocycles. The van der Waals surface area contributed by atoms with E-state index in [0.717, 1.165) is 33.5 Å². The lowest BCUT2D eigenvalue weighted by Gasteiger charge is -2.14. The molecule has 0 bridgehead atoms. The number of pyridine rings is 1. The van der Waals surface area contributed by atoms with Crippen LogP contribution in [0.25, 0.3) is 11.3 Å². The van der Waals surface area contributed by atoms with E-state index < -0.39 is 5.92 Å². The second-order valence-electron chi connectivity index (χ2n) is 7.99. The second kappa shape index (κ2) is 7.63. The van der Waals surface area contributed by atoms with Crippen LogP contribution in [0.5, 0.6) is 0 Å².